The predicted molar refractivity (Wildman–Crippen MR) is 62.8 cm³/mol. The SMILES string of the molecule is NC(CC(=O)c1ccccc1OC(F)(F)F)C1CC1. The molecule has 1 aliphatic rings. The fourth-order valence-corrected chi connectivity index (χ4v) is 1.93. The van der Waals surface area contributed by atoms with Crippen molar-refractivity contribution in [2.75, 3.05) is 0 Å². The number of nitrogens with two attached hydrogens (primary N) is 1. The molecule has 0 spiro atoms. The van der Waals surface area contributed by atoms with Gasteiger partial charge >= 0.3 is 6.36 Å². The summed E-state index contributed by atoms with van der Waals surface area (Å²) < 4.78 is 40.5. The van der Waals surface area contributed by atoms with Crippen molar-refractivity contribution >= 4 is 5.78 Å². The molecule has 1 atom stereocenters. The first-order valence-electron chi connectivity index (χ1n) is 6.00. The second-order valence-corrected chi connectivity index (χ2v) is 4.67. The van der Waals surface area contributed by atoms with Crippen LogP contribution in [0.4, 0.5) is 13.2 Å². The van der Waals surface area contributed by atoms with Crippen molar-refractivity contribution in [3.05, 3.63) is 29.8 Å². The number of benzene rings is 1. The minimum absolute atomic E-state index is 0.0445. The van der Waals surface area contributed by atoms with Gasteiger partial charge in [0.25, 0.3) is 0 Å². The molecule has 104 valence electrons. The molecular formula is C13H14F3NO2. The Morgan fingerprint density at radius 1 is 1.37 bits per heavy atom. The molecule has 0 aromatic heterocycles. The molecule has 19 heavy (non-hydrogen) atoms. The summed E-state index contributed by atoms with van der Waals surface area (Å²) in [5.41, 5.74) is 5.74. The van der Waals surface area contributed by atoms with Gasteiger partial charge in [0, 0.05) is 12.5 Å². The first-order valence-corrected chi connectivity index (χ1v) is 6.00. The minimum Gasteiger partial charge on any atom is -0.405 e. The number of para-hydroxylation sites is 1. The van der Waals surface area contributed by atoms with Gasteiger partial charge in [-0.25, -0.2) is 0 Å². The molecule has 0 radical (unpaired) electrons. The van der Waals surface area contributed by atoms with E-state index in [1.54, 1.807) is 0 Å². The average Bonchev–Trinajstić information content (AvgIpc) is 3.10. The van der Waals surface area contributed by atoms with Gasteiger partial charge in [0.1, 0.15) is 5.75 Å². The van der Waals surface area contributed by atoms with Gasteiger partial charge in [-0.3, -0.25) is 4.79 Å². The predicted octanol–water partition coefficient (Wildman–Crippen LogP) is 2.90. The number of halogens is 3. The summed E-state index contributed by atoms with van der Waals surface area (Å²) in [6, 6.07) is 5.05. The first-order chi connectivity index (χ1) is 8.87. The summed E-state index contributed by atoms with van der Waals surface area (Å²) >= 11 is 0. The van der Waals surface area contributed by atoms with Crippen molar-refractivity contribution in [1.29, 1.82) is 0 Å². The van der Waals surface area contributed by atoms with Crippen LogP contribution in [0.25, 0.3) is 0 Å². The molecule has 0 heterocycles. The number of hydrogen-bond acceptors (Lipinski definition) is 3. The average molecular weight is 273 g/mol. The number of carbonyl (C=O) groups is 1. The number of ketones is 1. The summed E-state index contributed by atoms with van der Waals surface area (Å²) in [5.74, 6) is -0.568. The molecule has 1 unspecified atom stereocenters. The van der Waals surface area contributed by atoms with E-state index in [-0.39, 0.29) is 18.0 Å². The maximum atomic E-state index is 12.2. The van der Waals surface area contributed by atoms with Gasteiger partial charge in [-0.1, -0.05) is 12.1 Å². The van der Waals surface area contributed by atoms with E-state index in [2.05, 4.69) is 4.74 Å². The standard InChI is InChI=1S/C13H14F3NO2/c14-13(15,16)19-12-4-2-1-3-9(12)11(18)7-10(17)8-5-6-8/h1-4,8,10H,5-7,17H2. The number of carbonyl (C=O) groups excluding carboxylic acids is 1. The Morgan fingerprint density at radius 2 is 2.00 bits per heavy atom. The van der Waals surface area contributed by atoms with Crippen LogP contribution in [-0.2, 0) is 0 Å². The fourth-order valence-electron chi connectivity index (χ4n) is 1.93. The largest absolute Gasteiger partial charge is 0.573 e. The lowest BCUT2D eigenvalue weighted by Gasteiger charge is -2.14. The van der Waals surface area contributed by atoms with E-state index in [0.717, 1.165) is 18.9 Å². The second-order valence-electron chi connectivity index (χ2n) is 4.67. The van der Waals surface area contributed by atoms with E-state index in [1.165, 1.54) is 18.2 Å². The Kier molecular flexibility index (Phi) is 3.80. The van der Waals surface area contributed by atoms with Gasteiger partial charge in [0.2, 0.25) is 0 Å². The van der Waals surface area contributed by atoms with Gasteiger partial charge in [0.15, 0.2) is 5.78 Å². The first kappa shape index (κ1) is 13.9. The van der Waals surface area contributed by atoms with Gasteiger partial charge in [-0.05, 0) is 30.9 Å². The summed E-state index contributed by atoms with van der Waals surface area (Å²) in [6.07, 6.45) is -2.80. The van der Waals surface area contributed by atoms with Gasteiger partial charge in [-0.15, -0.1) is 13.2 Å². The lowest BCUT2D eigenvalue weighted by atomic mass is 10.0. The van der Waals surface area contributed by atoms with Crippen molar-refractivity contribution in [2.24, 2.45) is 11.7 Å². The topological polar surface area (TPSA) is 52.3 Å². The van der Waals surface area contributed by atoms with Crippen LogP contribution in [0.3, 0.4) is 0 Å². The van der Waals surface area contributed by atoms with Crippen molar-refractivity contribution in [1.82, 2.24) is 0 Å². The van der Waals surface area contributed by atoms with Crippen molar-refractivity contribution in [3.8, 4) is 5.75 Å². The van der Waals surface area contributed by atoms with Crippen LogP contribution in [0.1, 0.15) is 29.6 Å². The molecule has 3 nitrogen and oxygen atoms in total. The highest BCUT2D eigenvalue weighted by atomic mass is 19.4. The van der Waals surface area contributed by atoms with E-state index in [1.807, 2.05) is 0 Å². The molecule has 0 saturated heterocycles. The number of hydrogen-bond donors (Lipinski definition) is 1. The van der Waals surface area contributed by atoms with Crippen LogP contribution in [-0.4, -0.2) is 18.2 Å². The van der Waals surface area contributed by atoms with Crippen molar-refractivity contribution in [2.45, 2.75) is 31.7 Å². The maximum absolute atomic E-state index is 12.2. The number of rotatable bonds is 5. The third-order valence-electron chi connectivity index (χ3n) is 3.06. The zero-order valence-electron chi connectivity index (χ0n) is 10.1. The molecule has 0 aliphatic heterocycles. The highest BCUT2D eigenvalue weighted by Crippen LogP contribution is 2.34. The van der Waals surface area contributed by atoms with Gasteiger partial charge in [0.05, 0.1) is 5.56 Å². The molecular weight excluding hydrogens is 259 g/mol. The molecule has 2 rings (SSSR count). The van der Waals surface area contributed by atoms with E-state index in [4.69, 9.17) is 5.73 Å². The van der Waals surface area contributed by atoms with E-state index >= 15 is 0 Å². The Hall–Kier alpha value is -1.56. The molecule has 6 heteroatoms. The minimum atomic E-state index is -4.81. The zero-order valence-corrected chi connectivity index (χ0v) is 10.1. The van der Waals surface area contributed by atoms with Gasteiger partial charge < -0.3 is 10.5 Å². The lowest BCUT2D eigenvalue weighted by molar-refractivity contribution is -0.274. The summed E-state index contributed by atoms with van der Waals surface area (Å²) in [6.45, 7) is 0. The zero-order chi connectivity index (χ0) is 14.0. The molecule has 1 aromatic rings. The van der Waals surface area contributed by atoms with Crippen LogP contribution >= 0.6 is 0 Å². The summed E-state index contributed by atoms with van der Waals surface area (Å²) in [5, 5.41) is 0. The Bertz CT molecular complexity index is 469. The number of alkyl halides is 3. The molecule has 1 fully saturated rings. The number of Topliss-reactive ketones (excluding diaryl/α,β-unsaturated/α-hetero) is 1. The molecule has 1 aromatic carbocycles. The second kappa shape index (κ2) is 5.21. The van der Waals surface area contributed by atoms with E-state index in [0.29, 0.717) is 5.92 Å². The molecule has 2 N–H and O–H groups in total. The molecule has 0 bridgehead atoms. The van der Waals surface area contributed by atoms with Crippen LogP contribution in [0.5, 0.6) is 5.75 Å². The van der Waals surface area contributed by atoms with E-state index < -0.39 is 17.9 Å². The number of ether oxygens (including phenoxy) is 1. The normalized spacial score (nSPS) is 17.1. The van der Waals surface area contributed by atoms with Crippen LogP contribution in [0.2, 0.25) is 0 Å². The maximum Gasteiger partial charge on any atom is 0.573 e. The summed E-state index contributed by atoms with van der Waals surface area (Å²) in [4.78, 5) is 12.0. The van der Waals surface area contributed by atoms with Gasteiger partial charge in [-0.2, -0.15) is 0 Å². The van der Waals surface area contributed by atoms with Crippen molar-refractivity contribution < 1.29 is 22.7 Å². The lowest BCUT2D eigenvalue weighted by Crippen LogP contribution is -2.26. The van der Waals surface area contributed by atoms with Crippen LogP contribution in [0, 0.1) is 5.92 Å². The van der Waals surface area contributed by atoms with Crippen LogP contribution < -0.4 is 10.5 Å². The Labute approximate surface area is 108 Å². The van der Waals surface area contributed by atoms with E-state index in [9.17, 15) is 18.0 Å². The molecule has 1 saturated carbocycles. The third kappa shape index (κ3) is 3.96. The molecule has 0 amide bonds. The molecule has 1 aliphatic carbocycles. The monoisotopic (exact) mass is 273 g/mol. The van der Waals surface area contributed by atoms with Crippen molar-refractivity contribution in [3.63, 3.8) is 0 Å². The Balaban J connectivity index is 2.11. The quantitative estimate of drug-likeness (QED) is 0.839. The van der Waals surface area contributed by atoms with Crippen LogP contribution in [0.15, 0.2) is 24.3 Å². The highest BCUT2D eigenvalue weighted by Gasteiger charge is 2.34. The highest BCUT2D eigenvalue weighted by molar-refractivity contribution is 5.99. The summed E-state index contributed by atoms with van der Waals surface area (Å²) in [7, 11) is 0. The smallest absolute Gasteiger partial charge is 0.405 e. The Morgan fingerprint density at radius 3 is 2.58 bits per heavy atom. The fraction of sp³-hybridized carbons (Fsp3) is 0.462. The third-order valence-corrected chi connectivity index (χ3v) is 3.06.